The molecule has 0 amide bonds. The number of hydrogen-bond donors (Lipinski definition) is 1. The third-order valence-corrected chi connectivity index (χ3v) is 4.40. The molecule has 3 rings (SSSR count). The fourth-order valence-corrected chi connectivity index (χ4v) is 2.94. The summed E-state index contributed by atoms with van der Waals surface area (Å²) >= 11 is 1.49. The van der Waals surface area contributed by atoms with Gasteiger partial charge in [-0.25, -0.2) is 9.07 Å². The number of halogens is 1. The van der Waals surface area contributed by atoms with Crippen molar-refractivity contribution in [3.63, 3.8) is 0 Å². The molecule has 1 aliphatic rings. The highest BCUT2D eigenvalue weighted by Crippen LogP contribution is 2.36. The highest BCUT2D eigenvalue weighted by molar-refractivity contribution is 7.99. The van der Waals surface area contributed by atoms with Gasteiger partial charge >= 0.3 is 0 Å². The number of rotatable bonds is 6. The summed E-state index contributed by atoms with van der Waals surface area (Å²) < 4.78 is 20.4. The maximum Gasteiger partial charge on any atom is 0.209 e. The van der Waals surface area contributed by atoms with Crippen molar-refractivity contribution < 1.29 is 9.13 Å². The number of hydrogen-bond acceptors (Lipinski definition) is 6. The highest BCUT2D eigenvalue weighted by Gasteiger charge is 2.28. The number of nitrogens with two attached hydrogens (primary N) is 1. The number of nitrogens with zero attached hydrogens (tertiary/aromatic N) is 4. The van der Waals surface area contributed by atoms with Gasteiger partial charge in [-0.1, -0.05) is 17.8 Å². The van der Waals surface area contributed by atoms with Crippen LogP contribution in [0.2, 0.25) is 0 Å². The van der Waals surface area contributed by atoms with Gasteiger partial charge in [0, 0.05) is 11.8 Å². The molecule has 0 radical (unpaired) electrons. The average Bonchev–Trinajstić information content (AvgIpc) is 3.23. The summed E-state index contributed by atoms with van der Waals surface area (Å²) in [5.74, 6) is 0.397. The molecule has 6 nitrogen and oxygen atoms in total. The third kappa shape index (κ3) is 3.16. The van der Waals surface area contributed by atoms with E-state index in [0.717, 1.165) is 23.6 Å². The first-order chi connectivity index (χ1) is 10.2. The van der Waals surface area contributed by atoms with E-state index in [9.17, 15) is 4.39 Å². The lowest BCUT2D eigenvalue weighted by Gasteiger charge is -2.12. The second-order valence-corrected chi connectivity index (χ2v) is 5.94. The lowest BCUT2D eigenvalue weighted by atomic mass is 10.1. The van der Waals surface area contributed by atoms with E-state index in [1.807, 2.05) is 4.68 Å². The normalized spacial score (nSPS) is 16.0. The van der Waals surface area contributed by atoms with E-state index < -0.39 is 5.82 Å². The van der Waals surface area contributed by atoms with Crippen molar-refractivity contribution in [3.05, 3.63) is 29.6 Å². The molecule has 1 fully saturated rings. The smallest absolute Gasteiger partial charge is 0.209 e. The molecule has 1 unspecified atom stereocenters. The molecule has 1 aliphatic carbocycles. The van der Waals surface area contributed by atoms with Crippen LogP contribution in [-0.4, -0.2) is 33.1 Å². The molecule has 21 heavy (non-hydrogen) atoms. The van der Waals surface area contributed by atoms with E-state index in [-0.39, 0.29) is 11.8 Å². The Balaban J connectivity index is 1.64. The molecule has 0 bridgehead atoms. The van der Waals surface area contributed by atoms with Crippen LogP contribution in [0.25, 0.3) is 0 Å². The van der Waals surface area contributed by atoms with Gasteiger partial charge in [-0.3, -0.25) is 0 Å². The molecule has 0 saturated heterocycles. The Morgan fingerprint density at radius 2 is 2.33 bits per heavy atom. The van der Waals surface area contributed by atoms with Crippen molar-refractivity contribution >= 4 is 11.8 Å². The second-order valence-electron chi connectivity index (χ2n) is 4.95. The highest BCUT2D eigenvalue weighted by atomic mass is 32.2. The van der Waals surface area contributed by atoms with Gasteiger partial charge in [0.1, 0.15) is 0 Å². The zero-order chi connectivity index (χ0) is 14.8. The molecule has 1 saturated carbocycles. The van der Waals surface area contributed by atoms with Crippen LogP contribution in [0, 0.1) is 5.82 Å². The summed E-state index contributed by atoms with van der Waals surface area (Å²) in [4.78, 5) is 0. The minimum atomic E-state index is -0.404. The number of aromatic nitrogens is 4. The van der Waals surface area contributed by atoms with Crippen LogP contribution in [0.4, 0.5) is 4.39 Å². The van der Waals surface area contributed by atoms with E-state index in [4.69, 9.17) is 10.5 Å². The van der Waals surface area contributed by atoms with Crippen molar-refractivity contribution in [2.75, 3.05) is 12.9 Å². The molecule has 0 spiro atoms. The van der Waals surface area contributed by atoms with Crippen LogP contribution in [0.3, 0.4) is 0 Å². The summed E-state index contributed by atoms with van der Waals surface area (Å²) in [6, 6.07) is 4.91. The van der Waals surface area contributed by atoms with Gasteiger partial charge in [-0.15, -0.1) is 5.10 Å². The van der Waals surface area contributed by atoms with Crippen molar-refractivity contribution in [2.24, 2.45) is 5.73 Å². The predicted octanol–water partition coefficient (Wildman–Crippen LogP) is 1.95. The minimum absolute atomic E-state index is 0.219. The van der Waals surface area contributed by atoms with E-state index in [1.54, 1.807) is 12.1 Å². The van der Waals surface area contributed by atoms with E-state index >= 15 is 0 Å². The maximum atomic E-state index is 13.7. The van der Waals surface area contributed by atoms with Gasteiger partial charge in [0.25, 0.3) is 0 Å². The number of methoxy groups -OCH3 is 1. The molecule has 112 valence electrons. The van der Waals surface area contributed by atoms with Gasteiger partial charge < -0.3 is 10.5 Å². The number of tetrazole rings is 1. The lowest BCUT2D eigenvalue weighted by molar-refractivity contribution is 0.386. The Hall–Kier alpha value is -1.67. The third-order valence-electron chi connectivity index (χ3n) is 3.35. The number of ether oxygens (including phenoxy) is 1. The summed E-state index contributed by atoms with van der Waals surface area (Å²) in [6.07, 6.45) is 2.24. The zero-order valence-electron chi connectivity index (χ0n) is 11.6. The first-order valence-electron chi connectivity index (χ1n) is 6.68. The quantitative estimate of drug-likeness (QED) is 0.822. The summed E-state index contributed by atoms with van der Waals surface area (Å²) in [6.45, 7) is 0. The predicted molar refractivity (Wildman–Crippen MR) is 76.7 cm³/mol. The van der Waals surface area contributed by atoms with Crippen LogP contribution >= 0.6 is 11.8 Å². The average molecular weight is 309 g/mol. The molecule has 2 aromatic rings. The molecule has 1 aromatic heterocycles. The molecule has 1 aromatic carbocycles. The van der Waals surface area contributed by atoms with Gasteiger partial charge in [-0.2, -0.15) is 0 Å². The second kappa shape index (κ2) is 5.98. The van der Waals surface area contributed by atoms with Crippen LogP contribution < -0.4 is 10.5 Å². The summed E-state index contributed by atoms with van der Waals surface area (Å²) in [5, 5.41) is 12.4. The Morgan fingerprint density at radius 1 is 1.52 bits per heavy atom. The van der Waals surface area contributed by atoms with Gasteiger partial charge in [0.2, 0.25) is 5.16 Å². The zero-order valence-corrected chi connectivity index (χ0v) is 12.4. The van der Waals surface area contributed by atoms with Gasteiger partial charge in [0.15, 0.2) is 11.6 Å². The van der Waals surface area contributed by atoms with Crippen LogP contribution in [0.15, 0.2) is 23.4 Å². The summed E-state index contributed by atoms with van der Waals surface area (Å²) in [5.41, 5.74) is 6.84. The molecule has 1 atom stereocenters. The first kappa shape index (κ1) is 14.3. The molecule has 8 heteroatoms. The first-order valence-corrected chi connectivity index (χ1v) is 7.67. The molecular formula is C13H16FN5OS. The van der Waals surface area contributed by atoms with Gasteiger partial charge in [-0.05, 0) is 41.0 Å². The maximum absolute atomic E-state index is 13.7. The Bertz CT molecular complexity index is 631. The van der Waals surface area contributed by atoms with E-state index in [2.05, 4.69) is 15.5 Å². The summed E-state index contributed by atoms with van der Waals surface area (Å²) in [7, 11) is 1.44. The van der Waals surface area contributed by atoms with Crippen molar-refractivity contribution in [1.82, 2.24) is 20.2 Å². The monoisotopic (exact) mass is 309 g/mol. The minimum Gasteiger partial charge on any atom is -0.494 e. The Morgan fingerprint density at radius 3 is 3.00 bits per heavy atom. The largest absolute Gasteiger partial charge is 0.494 e. The molecule has 0 aliphatic heterocycles. The fraction of sp³-hybridized carbons (Fsp3) is 0.462. The molecular weight excluding hydrogens is 293 g/mol. The topological polar surface area (TPSA) is 78.8 Å². The van der Waals surface area contributed by atoms with Crippen LogP contribution in [-0.2, 0) is 0 Å². The van der Waals surface area contributed by atoms with Crippen molar-refractivity contribution in [2.45, 2.75) is 30.1 Å². The van der Waals surface area contributed by atoms with E-state index in [0.29, 0.717) is 11.8 Å². The van der Waals surface area contributed by atoms with E-state index in [1.165, 1.54) is 24.9 Å². The molecule has 1 heterocycles. The Kier molecular flexibility index (Phi) is 4.07. The van der Waals surface area contributed by atoms with Crippen molar-refractivity contribution in [1.29, 1.82) is 0 Å². The lowest BCUT2D eigenvalue weighted by Crippen LogP contribution is -2.14. The fourth-order valence-electron chi connectivity index (χ4n) is 2.00. The SMILES string of the molecule is COc1ccc(C(N)CSc2nnnn2C2CC2)cc1F. The number of thioether (sulfide) groups is 1. The standard InChI is InChI=1S/C13H16FN5OS/c1-20-12-5-2-8(6-10(12)14)11(15)7-21-13-16-17-18-19(13)9-3-4-9/h2,5-6,9,11H,3-4,7,15H2,1H3. The Labute approximate surface area is 125 Å². The molecule has 2 N–H and O–H groups in total. The van der Waals surface area contributed by atoms with Crippen LogP contribution in [0.1, 0.15) is 30.5 Å². The van der Waals surface area contributed by atoms with Gasteiger partial charge in [0.05, 0.1) is 13.2 Å². The van der Waals surface area contributed by atoms with Crippen LogP contribution in [0.5, 0.6) is 5.75 Å². The number of benzene rings is 1. The van der Waals surface area contributed by atoms with Crippen molar-refractivity contribution in [3.8, 4) is 5.75 Å².